The molecule has 21 heavy (non-hydrogen) atoms. The number of anilines is 1. The van der Waals surface area contributed by atoms with E-state index >= 15 is 0 Å². The van der Waals surface area contributed by atoms with Gasteiger partial charge in [0.25, 0.3) is 0 Å². The quantitative estimate of drug-likeness (QED) is 0.798. The van der Waals surface area contributed by atoms with Gasteiger partial charge in [-0.05, 0) is 31.9 Å². The fourth-order valence-electron chi connectivity index (χ4n) is 2.18. The minimum atomic E-state index is -3.40. The standard InChI is InChI=1S/C15H23NO4S/c1-4-10-21(19,20)14-9-7-6-8-13(14)16(11-15(17)18)12(3)5-2/h6-9,12H,4-5,10-11H2,1-3H3,(H,17,18). The van der Waals surface area contributed by atoms with E-state index < -0.39 is 15.8 Å². The first-order valence-electron chi connectivity index (χ1n) is 7.13. The van der Waals surface area contributed by atoms with E-state index in [9.17, 15) is 13.2 Å². The highest BCUT2D eigenvalue weighted by Crippen LogP contribution is 2.28. The lowest BCUT2D eigenvalue weighted by Crippen LogP contribution is -2.38. The van der Waals surface area contributed by atoms with Gasteiger partial charge < -0.3 is 10.0 Å². The van der Waals surface area contributed by atoms with Crippen LogP contribution < -0.4 is 4.90 Å². The van der Waals surface area contributed by atoms with E-state index in [-0.39, 0.29) is 23.2 Å². The van der Waals surface area contributed by atoms with Crippen LogP contribution in [0.4, 0.5) is 5.69 Å². The van der Waals surface area contributed by atoms with Crippen molar-refractivity contribution in [3.05, 3.63) is 24.3 Å². The Morgan fingerprint density at radius 1 is 1.29 bits per heavy atom. The molecule has 1 aromatic carbocycles. The lowest BCUT2D eigenvalue weighted by atomic mass is 10.2. The van der Waals surface area contributed by atoms with Crippen LogP contribution in [0.15, 0.2) is 29.2 Å². The minimum absolute atomic E-state index is 0.0564. The van der Waals surface area contributed by atoms with Gasteiger partial charge in [-0.2, -0.15) is 0 Å². The van der Waals surface area contributed by atoms with Crippen molar-refractivity contribution >= 4 is 21.5 Å². The number of benzene rings is 1. The molecular formula is C15H23NO4S. The number of aliphatic carboxylic acids is 1. The number of carboxylic acids is 1. The molecule has 6 heteroatoms. The first-order chi connectivity index (χ1) is 9.83. The smallest absolute Gasteiger partial charge is 0.323 e. The van der Waals surface area contributed by atoms with Gasteiger partial charge in [-0.3, -0.25) is 4.79 Å². The molecule has 0 bridgehead atoms. The molecule has 0 amide bonds. The van der Waals surface area contributed by atoms with Gasteiger partial charge in [0.1, 0.15) is 6.54 Å². The summed E-state index contributed by atoms with van der Waals surface area (Å²) in [4.78, 5) is 13.0. The molecule has 0 fully saturated rings. The van der Waals surface area contributed by atoms with Crippen molar-refractivity contribution in [2.24, 2.45) is 0 Å². The second-order valence-corrected chi connectivity index (χ2v) is 7.14. The first kappa shape index (κ1) is 17.5. The van der Waals surface area contributed by atoms with E-state index in [4.69, 9.17) is 5.11 Å². The van der Waals surface area contributed by atoms with E-state index in [1.54, 1.807) is 29.2 Å². The fraction of sp³-hybridized carbons (Fsp3) is 0.533. The van der Waals surface area contributed by atoms with Crippen LogP contribution in [0.5, 0.6) is 0 Å². The SMILES string of the molecule is CCCS(=O)(=O)c1ccccc1N(CC(=O)O)C(C)CC. The maximum absolute atomic E-state index is 12.4. The van der Waals surface area contributed by atoms with Crippen LogP contribution >= 0.6 is 0 Å². The van der Waals surface area contributed by atoms with Crippen LogP contribution in [0.2, 0.25) is 0 Å². The zero-order valence-electron chi connectivity index (χ0n) is 12.7. The Morgan fingerprint density at radius 3 is 2.43 bits per heavy atom. The third-order valence-corrected chi connectivity index (χ3v) is 5.37. The molecule has 0 aromatic heterocycles. The Balaban J connectivity index is 3.35. The largest absolute Gasteiger partial charge is 0.480 e. The van der Waals surface area contributed by atoms with Gasteiger partial charge in [0.2, 0.25) is 0 Å². The third kappa shape index (κ3) is 4.46. The second kappa shape index (κ2) is 7.45. The molecule has 1 aromatic rings. The first-order valence-corrected chi connectivity index (χ1v) is 8.78. The predicted octanol–water partition coefficient (Wildman–Crippen LogP) is 2.56. The van der Waals surface area contributed by atoms with Gasteiger partial charge in [0, 0.05) is 6.04 Å². The highest BCUT2D eigenvalue weighted by atomic mass is 32.2. The van der Waals surface area contributed by atoms with Crippen LogP contribution in [-0.2, 0) is 14.6 Å². The predicted molar refractivity (Wildman–Crippen MR) is 83.5 cm³/mol. The summed E-state index contributed by atoms with van der Waals surface area (Å²) in [7, 11) is -3.40. The number of carboxylic acid groups (broad SMARTS) is 1. The maximum Gasteiger partial charge on any atom is 0.323 e. The molecule has 1 N–H and O–H groups in total. The molecule has 1 atom stereocenters. The van der Waals surface area contributed by atoms with Gasteiger partial charge in [0.15, 0.2) is 9.84 Å². The molecule has 0 radical (unpaired) electrons. The van der Waals surface area contributed by atoms with Crippen molar-refractivity contribution in [3.8, 4) is 0 Å². The van der Waals surface area contributed by atoms with E-state index in [0.717, 1.165) is 6.42 Å². The van der Waals surface area contributed by atoms with Crippen molar-refractivity contribution in [1.82, 2.24) is 0 Å². The normalized spacial score (nSPS) is 12.9. The Hall–Kier alpha value is -1.56. The fourth-order valence-corrected chi connectivity index (χ4v) is 3.73. The second-order valence-electron chi connectivity index (χ2n) is 5.07. The van der Waals surface area contributed by atoms with Gasteiger partial charge in [0.05, 0.1) is 16.3 Å². The number of sulfone groups is 1. The van der Waals surface area contributed by atoms with Gasteiger partial charge in [-0.15, -0.1) is 0 Å². The summed E-state index contributed by atoms with van der Waals surface area (Å²) in [6.45, 7) is 5.44. The monoisotopic (exact) mass is 313 g/mol. The van der Waals surface area contributed by atoms with Gasteiger partial charge >= 0.3 is 5.97 Å². The molecular weight excluding hydrogens is 290 g/mol. The number of nitrogens with zero attached hydrogens (tertiary/aromatic N) is 1. The number of carbonyl (C=O) groups is 1. The van der Waals surface area contributed by atoms with Gasteiger partial charge in [-0.1, -0.05) is 26.0 Å². The Bertz CT molecular complexity index is 583. The van der Waals surface area contributed by atoms with Crippen LogP contribution in [0, 0.1) is 0 Å². The number of hydrogen-bond donors (Lipinski definition) is 1. The molecule has 0 saturated heterocycles. The molecule has 1 rings (SSSR count). The number of hydrogen-bond acceptors (Lipinski definition) is 4. The number of para-hydroxylation sites is 1. The van der Waals surface area contributed by atoms with Gasteiger partial charge in [-0.25, -0.2) is 8.42 Å². The zero-order valence-corrected chi connectivity index (χ0v) is 13.6. The average molecular weight is 313 g/mol. The average Bonchev–Trinajstić information content (AvgIpc) is 2.43. The van der Waals surface area contributed by atoms with Crippen molar-refractivity contribution in [2.75, 3.05) is 17.2 Å². The molecule has 5 nitrogen and oxygen atoms in total. The third-order valence-electron chi connectivity index (χ3n) is 3.41. The van der Waals surface area contributed by atoms with Crippen LogP contribution in [-0.4, -0.2) is 37.8 Å². The van der Waals surface area contributed by atoms with Crippen molar-refractivity contribution < 1.29 is 18.3 Å². The Labute approximate surface area is 126 Å². The topological polar surface area (TPSA) is 74.7 Å². The summed E-state index contributed by atoms with van der Waals surface area (Å²) in [5.74, 6) is -0.913. The van der Waals surface area contributed by atoms with E-state index in [1.807, 2.05) is 20.8 Å². The molecule has 0 heterocycles. The summed E-state index contributed by atoms with van der Waals surface area (Å²) in [6.07, 6.45) is 1.26. The van der Waals surface area contributed by atoms with Crippen LogP contribution in [0.3, 0.4) is 0 Å². The zero-order chi connectivity index (χ0) is 16.0. The molecule has 0 saturated carbocycles. The molecule has 0 aliphatic carbocycles. The molecule has 1 unspecified atom stereocenters. The van der Waals surface area contributed by atoms with E-state index in [2.05, 4.69) is 0 Å². The van der Waals surface area contributed by atoms with Crippen LogP contribution in [0.1, 0.15) is 33.6 Å². The molecule has 0 aliphatic heterocycles. The van der Waals surface area contributed by atoms with Crippen molar-refractivity contribution in [3.63, 3.8) is 0 Å². The Morgan fingerprint density at radius 2 is 1.90 bits per heavy atom. The summed E-state index contributed by atoms with van der Waals surface area (Å²) in [6, 6.07) is 6.58. The maximum atomic E-state index is 12.4. The lowest BCUT2D eigenvalue weighted by molar-refractivity contribution is -0.135. The van der Waals surface area contributed by atoms with Crippen molar-refractivity contribution in [1.29, 1.82) is 0 Å². The minimum Gasteiger partial charge on any atom is -0.480 e. The van der Waals surface area contributed by atoms with E-state index in [0.29, 0.717) is 12.1 Å². The Kier molecular flexibility index (Phi) is 6.20. The number of rotatable bonds is 8. The summed E-state index contributed by atoms with van der Waals surface area (Å²) < 4.78 is 24.8. The molecule has 0 aliphatic rings. The van der Waals surface area contributed by atoms with Crippen molar-refractivity contribution in [2.45, 2.75) is 44.6 Å². The highest BCUT2D eigenvalue weighted by Gasteiger charge is 2.24. The highest BCUT2D eigenvalue weighted by molar-refractivity contribution is 7.91. The van der Waals surface area contributed by atoms with E-state index in [1.165, 1.54) is 0 Å². The molecule has 0 spiro atoms. The molecule has 118 valence electrons. The lowest BCUT2D eigenvalue weighted by Gasteiger charge is -2.30. The summed E-state index contributed by atoms with van der Waals surface area (Å²) in [5.41, 5.74) is 0.475. The summed E-state index contributed by atoms with van der Waals surface area (Å²) >= 11 is 0. The summed E-state index contributed by atoms with van der Waals surface area (Å²) in [5, 5.41) is 9.10. The van der Waals surface area contributed by atoms with Crippen LogP contribution in [0.25, 0.3) is 0 Å².